The van der Waals surface area contributed by atoms with Crippen molar-refractivity contribution in [2.24, 2.45) is 11.7 Å². The molecule has 0 spiro atoms. The molecule has 7 heteroatoms. The lowest BCUT2D eigenvalue weighted by molar-refractivity contribution is -0.120. The standard InChI is InChI=1S/C15H17ClN4O2/c1-15(8-17,9-2-3-9)20-13(21)7-19-12-5-4-10(16)6-11(12)14(18)22/h4-6,9,19H,2-3,7H2,1H3,(H2,18,22)(H,20,21)/t15-/m0/s1. The number of benzene rings is 1. The fourth-order valence-electron chi connectivity index (χ4n) is 2.27. The molecule has 1 atom stereocenters. The number of halogens is 1. The summed E-state index contributed by atoms with van der Waals surface area (Å²) in [6, 6.07) is 6.77. The molecule has 0 bridgehead atoms. The van der Waals surface area contributed by atoms with Crippen LogP contribution in [0.4, 0.5) is 5.69 Å². The summed E-state index contributed by atoms with van der Waals surface area (Å²) in [5, 5.41) is 15.2. The minimum absolute atomic E-state index is 0.0636. The number of hydrogen-bond acceptors (Lipinski definition) is 4. The van der Waals surface area contributed by atoms with E-state index in [0.717, 1.165) is 12.8 Å². The summed E-state index contributed by atoms with van der Waals surface area (Å²) < 4.78 is 0. The van der Waals surface area contributed by atoms with Gasteiger partial charge in [-0.1, -0.05) is 11.6 Å². The molecule has 4 N–H and O–H groups in total. The van der Waals surface area contributed by atoms with Crippen LogP contribution in [0.25, 0.3) is 0 Å². The summed E-state index contributed by atoms with van der Waals surface area (Å²) in [5.41, 5.74) is 5.08. The van der Waals surface area contributed by atoms with E-state index in [1.54, 1.807) is 19.1 Å². The number of nitrogens with one attached hydrogen (secondary N) is 2. The highest BCUT2D eigenvalue weighted by atomic mass is 35.5. The van der Waals surface area contributed by atoms with E-state index in [4.69, 9.17) is 17.3 Å². The summed E-state index contributed by atoms with van der Waals surface area (Å²) in [5.74, 6) is -0.746. The van der Waals surface area contributed by atoms with Crippen LogP contribution in [0, 0.1) is 17.2 Å². The van der Waals surface area contributed by atoms with Gasteiger partial charge in [0.1, 0.15) is 5.54 Å². The van der Waals surface area contributed by atoms with E-state index in [-0.39, 0.29) is 23.9 Å². The summed E-state index contributed by atoms with van der Waals surface area (Å²) in [4.78, 5) is 23.4. The third-order valence-electron chi connectivity index (χ3n) is 3.71. The van der Waals surface area contributed by atoms with Crippen molar-refractivity contribution in [3.8, 4) is 6.07 Å². The third-order valence-corrected chi connectivity index (χ3v) is 3.95. The molecule has 1 aromatic carbocycles. The summed E-state index contributed by atoms with van der Waals surface area (Å²) in [6.45, 7) is 1.66. The van der Waals surface area contributed by atoms with E-state index in [9.17, 15) is 14.9 Å². The molecule has 0 radical (unpaired) electrons. The van der Waals surface area contributed by atoms with Gasteiger partial charge in [0.05, 0.1) is 18.2 Å². The number of rotatable bonds is 6. The van der Waals surface area contributed by atoms with Crippen LogP contribution in [0.5, 0.6) is 0 Å². The van der Waals surface area contributed by atoms with Gasteiger partial charge in [0.15, 0.2) is 0 Å². The predicted octanol–water partition coefficient (Wildman–Crippen LogP) is 1.66. The van der Waals surface area contributed by atoms with E-state index in [2.05, 4.69) is 16.7 Å². The second-order valence-corrected chi connectivity index (χ2v) is 5.98. The Bertz CT molecular complexity index is 651. The maximum absolute atomic E-state index is 12.0. The van der Waals surface area contributed by atoms with E-state index >= 15 is 0 Å². The smallest absolute Gasteiger partial charge is 0.250 e. The van der Waals surface area contributed by atoms with Crippen molar-refractivity contribution in [3.05, 3.63) is 28.8 Å². The molecule has 0 unspecified atom stereocenters. The number of nitrogens with zero attached hydrogens (tertiary/aromatic N) is 1. The SMILES string of the molecule is C[C@@](C#N)(NC(=O)CNc1ccc(Cl)cc1C(N)=O)C1CC1. The molecule has 116 valence electrons. The third kappa shape index (κ3) is 3.68. The van der Waals surface area contributed by atoms with Crippen LogP contribution in [0.1, 0.15) is 30.1 Å². The van der Waals surface area contributed by atoms with Gasteiger partial charge >= 0.3 is 0 Å². The highest BCUT2D eigenvalue weighted by Crippen LogP contribution is 2.39. The van der Waals surface area contributed by atoms with Crippen molar-refractivity contribution in [3.63, 3.8) is 0 Å². The van der Waals surface area contributed by atoms with E-state index in [1.165, 1.54) is 6.07 Å². The largest absolute Gasteiger partial charge is 0.376 e. The molecule has 6 nitrogen and oxygen atoms in total. The molecule has 0 aliphatic heterocycles. The Morgan fingerprint density at radius 1 is 1.50 bits per heavy atom. The summed E-state index contributed by atoms with van der Waals surface area (Å²) in [6.07, 6.45) is 1.89. The van der Waals surface area contributed by atoms with Crippen LogP contribution in [-0.2, 0) is 4.79 Å². The zero-order chi connectivity index (χ0) is 16.3. The number of anilines is 1. The van der Waals surface area contributed by atoms with Crippen molar-refractivity contribution in [2.45, 2.75) is 25.3 Å². The second-order valence-electron chi connectivity index (χ2n) is 5.54. The van der Waals surface area contributed by atoms with Gasteiger partial charge in [-0.3, -0.25) is 9.59 Å². The highest BCUT2D eigenvalue weighted by Gasteiger charge is 2.42. The molecular formula is C15H17ClN4O2. The molecule has 2 amide bonds. The number of carbonyl (C=O) groups excluding carboxylic acids is 2. The first-order chi connectivity index (χ1) is 10.4. The fourth-order valence-corrected chi connectivity index (χ4v) is 2.44. The highest BCUT2D eigenvalue weighted by molar-refractivity contribution is 6.31. The average molecular weight is 321 g/mol. The molecule has 1 saturated carbocycles. The summed E-state index contributed by atoms with van der Waals surface area (Å²) >= 11 is 5.82. The zero-order valence-corrected chi connectivity index (χ0v) is 12.9. The maximum atomic E-state index is 12.0. The molecule has 1 fully saturated rings. The second kappa shape index (κ2) is 6.24. The Morgan fingerprint density at radius 2 is 2.18 bits per heavy atom. The first-order valence-electron chi connectivity index (χ1n) is 6.91. The molecule has 1 aromatic rings. The van der Waals surface area contributed by atoms with Crippen molar-refractivity contribution in [1.29, 1.82) is 5.26 Å². The first kappa shape index (κ1) is 16.1. The molecule has 2 rings (SSSR count). The number of carbonyl (C=O) groups is 2. The molecule has 0 heterocycles. The van der Waals surface area contributed by atoms with Crippen molar-refractivity contribution >= 4 is 29.1 Å². The Labute approximate surface area is 133 Å². The monoisotopic (exact) mass is 320 g/mol. The van der Waals surface area contributed by atoms with Crippen LogP contribution >= 0.6 is 11.6 Å². The lowest BCUT2D eigenvalue weighted by Crippen LogP contribution is -2.48. The minimum Gasteiger partial charge on any atom is -0.376 e. The van der Waals surface area contributed by atoms with Gasteiger partial charge in [0.2, 0.25) is 5.91 Å². The summed E-state index contributed by atoms with van der Waals surface area (Å²) in [7, 11) is 0. The van der Waals surface area contributed by atoms with E-state index in [1.807, 2.05) is 0 Å². The normalized spacial score (nSPS) is 16.2. The van der Waals surface area contributed by atoms with E-state index in [0.29, 0.717) is 10.7 Å². The van der Waals surface area contributed by atoms with Crippen LogP contribution in [0.3, 0.4) is 0 Å². The number of hydrogen-bond donors (Lipinski definition) is 3. The number of primary amides is 1. The minimum atomic E-state index is -0.842. The first-order valence-corrected chi connectivity index (χ1v) is 7.29. The van der Waals surface area contributed by atoms with Crippen LogP contribution in [-0.4, -0.2) is 23.9 Å². The fraction of sp³-hybridized carbons (Fsp3) is 0.400. The van der Waals surface area contributed by atoms with Crippen molar-refractivity contribution in [2.75, 3.05) is 11.9 Å². The molecule has 0 saturated heterocycles. The number of nitriles is 1. The van der Waals surface area contributed by atoms with Crippen LogP contribution in [0.2, 0.25) is 5.02 Å². The lowest BCUT2D eigenvalue weighted by atomic mass is 9.98. The molecule has 22 heavy (non-hydrogen) atoms. The Balaban J connectivity index is 2.00. The Hall–Kier alpha value is -2.26. The van der Waals surface area contributed by atoms with Gasteiger partial charge in [-0.25, -0.2) is 0 Å². The topological polar surface area (TPSA) is 108 Å². The molecule has 0 aromatic heterocycles. The van der Waals surface area contributed by atoms with Gasteiger partial charge < -0.3 is 16.4 Å². The van der Waals surface area contributed by atoms with Crippen LogP contribution < -0.4 is 16.4 Å². The van der Waals surface area contributed by atoms with E-state index < -0.39 is 11.4 Å². The van der Waals surface area contributed by atoms with Gasteiger partial charge in [0.25, 0.3) is 5.91 Å². The molecule has 1 aliphatic carbocycles. The molecular weight excluding hydrogens is 304 g/mol. The van der Waals surface area contributed by atoms with Crippen molar-refractivity contribution < 1.29 is 9.59 Å². The van der Waals surface area contributed by atoms with Gasteiger partial charge in [-0.15, -0.1) is 0 Å². The maximum Gasteiger partial charge on any atom is 0.250 e. The van der Waals surface area contributed by atoms with Gasteiger partial charge in [0, 0.05) is 10.7 Å². The van der Waals surface area contributed by atoms with Crippen LogP contribution in [0.15, 0.2) is 18.2 Å². The van der Waals surface area contributed by atoms with Crippen molar-refractivity contribution in [1.82, 2.24) is 5.32 Å². The zero-order valence-electron chi connectivity index (χ0n) is 12.1. The lowest BCUT2D eigenvalue weighted by Gasteiger charge is -2.23. The van der Waals surface area contributed by atoms with Gasteiger partial charge in [-0.2, -0.15) is 5.26 Å². The molecule has 1 aliphatic rings. The predicted molar refractivity (Wildman–Crippen MR) is 83.3 cm³/mol. The average Bonchev–Trinajstić information content (AvgIpc) is 3.30. The number of nitrogens with two attached hydrogens (primary N) is 1. The Morgan fingerprint density at radius 3 is 2.73 bits per heavy atom. The van der Waals surface area contributed by atoms with Gasteiger partial charge in [-0.05, 0) is 43.9 Å². The quantitative estimate of drug-likeness (QED) is 0.740. The number of amides is 2. The Kier molecular flexibility index (Phi) is 4.57.